The van der Waals surface area contributed by atoms with E-state index >= 15 is 0 Å². The number of anilines is 2. The minimum Gasteiger partial charge on any atom is -0.454 e. The number of nitrogens with one attached hydrogen (secondary N) is 1. The monoisotopic (exact) mass is 452 g/mol. The zero-order valence-corrected chi connectivity index (χ0v) is 18.4. The maximum atomic E-state index is 12.4. The Morgan fingerprint density at radius 2 is 1.75 bits per heavy atom. The van der Waals surface area contributed by atoms with Crippen LogP contribution in [-0.2, 0) is 4.79 Å². The van der Waals surface area contributed by atoms with E-state index in [2.05, 4.69) is 32.5 Å². The highest BCUT2D eigenvalue weighted by molar-refractivity contribution is 7.99. The highest BCUT2D eigenvalue weighted by atomic mass is 32.2. The normalized spacial score (nSPS) is 15.4. The first-order valence-corrected chi connectivity index (χ1v) is 11.7. The molecule has 3 heterocycles. The van der Waals surface area contributed by atoms with Crippen molar-refractivity contribution in [3.63, 3.8) is 0 Å². The summed E-state index contributed by atoms with van der Waals surface area (Å²) in [6.45, 7) is 2.40. The second kappa shape index (κ2) is 9.52. The van der Waals surface area contributed by atoms with Gasteiger partial charge in [0.2, 0.25) is 18.6 Å². The molecule has 0 saturated carbocycles. The first kappa shape index (κ1) is 20.7. The van der Waals surface area contributed by atoms with Gasteiger partial charge in [-0.1, -0.05) is 24.6 Å². The molecule has 1 saturated heterocycles. The van der Waals surface area contributed by atoms with Gasteiger partial charge in [-0.05, 0) is 55.3 Å². The molecule has 9 heteroatoms. The number of rotatable bonds is 6. The number of aromatic nitrogens is 2. The second-order valence-corrected chi connectivity index (χ2v) is 8.65. The third-order valence-corrected chi connectivity index (χ3v) is 6.29. The Labute approximate surface area is 190 Å². The number of hydrogen-bond acceptors (Lipinski definition) is 8. The van der Waals surface area contributed by atoms with Gasteiger partial charge < -0.3 is 24.1 Å². The molecule has 1 aromatic heterocycles. The van der Waals surface area contributed by atoms with Crippen molar-refractivity contribution in [3.8, 4) is 23.0 Å². The molecule has 1 amide bonds. The molecule has 8 nitrogen and oxygen atoms in total. The fourth-order valence-corrected chi connectivity index (χ4v) is 4.39. The fourth-order valence-electron chi connectivity index (χ4n) is 3.82. The molecule has 0 aliphatic carbocycles. The lowest BCUT2D eigenvalue weighted by Gasteiger charge is -2.22. The summed E-state index contributed by atoms with van der Waals surface area (Å²) in [4.78, 5) is 14.8. The summed E-state index contributed by atoms with van der Waals surface area (Å²) < 4.78 is 16.4. The van der Waals surface area contributed by atoms with Gasteiger partial charge in [0, 0.05) is 30.0 Å². The minimum absolute atomic E-state index is 0.125. The average Bonchev–Trinajstić information content (AvgIpc) is 3.40. The van der Waals surface area contributed by atoms with Crippen LogP contribution in [0.15, 0.2) is 52.1 Å². The molecule has 3 aromatic rings. The number of thioether (sulfide) groups is 1. The molecule has 2 aliphatic heterocycles. The van der Waals surface area contributed by atoms with E-state index in [4.69, 9.17) is 13.9 Å². The SMILES string of the molecule is O=C(CSc1nnc(-c2ccc3c(c2)OCO3)o1)Nc1ccc(N2CCCCCC2)cc1. The van der Waals surface area contributed by atoms with Crippen molar-refractivity contribution in [2.45, 2.75) is 30.9 Å². The molecule has 1 N–H and O–H groups in total. The molecular formula is C23H24N4O4S. The van der Waals surface area contributed by atoms with Crippen LogP contribution in [0.4, 0.5) is 11.4 Å². The largest absolute Gasteiger partial charge is 0.454 e. The molecule has 0 bridgehead atoms. The van der Waals surface area contributed by atoms with Crippen LogP contribution in [0.3, 0.4) is 0 Å². The second-order valence-electron chi connectivity index (χ2n) is 7.73. The van der Waals surface area contributed by atoms with Gasteiger partial charge in [-0.15, -0.1) is 10.2 Å². The molecule has 1 fully saturated rings. The molecule has 2 aromatic carbocycles. The summed E-state index contributed by atoms with van der Waals surface area (Å²) in [6, 6.07) is 13.5. The van der Waals surface area contributed by atoms with Gasteiger partial charge in [-0.2, -0.15) is 0 Å². The Hall–Kier alpha value is -3.20. The number of amides is 1. The maximum absolute atomic E-state index is 12.4. The Morgan fingerprint density at radius 3 is 2.56 bits per heavy atom. The lowest BCUT2D eigenvalue weighted by molar-refractivity contribution is -0.113. The van der Waals surface area contributed by atoms with Crippen LogP contribution in [0, 0.1) is 0 Å². The van der Waals surface area contributed by atoms with Gasteiger partial charge in [0.25, 0.3) is 5.22 Å². The minimum atomic E-state index is -0.125. The van der Waals surface area contributed by atoms with Crippen molar-refractivity contribution >= 4 is 29.0 Å². The zero-order valence-electron chi connectivity index (χ0n) is 17.6. The molecule has 0 atom stereocenters. The number of hydrogen-bond donors (Lipinski definition) is 1. The van der Waals surface area contributed by atoms with Crippen molar-refractivity contribution in [2.24, 2.45) is 0 Å². The number of benzene rings is 2. The number of ether oxygens (including phenoxy) is 2. The fraction of sp³-hybridized carbons (Fsp3) is 0.348. The van der Waals surface area contributed by atoms with Gasteiger partial charge in [0.15, 0.2) is 11.5 Å². The van der Waals surface area contributed by atoms with Crippen LogP contribution in [0.25, 0.3) is 11.5 Å². The van der Waals surface area contributed by atoms with Crippen LogP contribution in [0.2, 0.25) is 0 Å². The third-order valence-electron chi connectivity index (χ3n) is 5.47. The van der Waals surface area contributed by atoms with E-state index in [0.717, 1.165) is 24.3 Å². The Balaban J connectivity index is 1.13. The first-order valence-electron chi connectivity index (χ1n) is 10.8. The summed E-state index contributed by atoms with van der Waals surface area (Å²) in [5.41, 5.74) is 2.73. The van der Waals surface area contributed by atoms with Gasteiger partial charge in [0.05, 0.1) is 5.75 Å². The number of fused-ring (bicyclic) bond motifs is 1. The molecule has 0 radical (unpaired) electrons. The summed E-state index contributed by atoms with van der Waals surface area (Å²) in [6.07, 6.45) is 5.09. The van der Waals surface area contributed by atoms with Crippen LogP contribution < -0.4 is 19.7 Å². The maximum Gasteiger partial charge on any atom is 0.277 e. The third kappa shape index (κ3) is 4.83. The van der Waals surface area contributed by atoms with E-state index in [1.165, 1.54) is 43.1 Å². The highest BCUT2D eigenvalue weighted by Gasteiger charge is 2.17. The van der Waals surface area contributed by atoms with Crippen molar-refractivity contribution in [1.82, 2.24) is 10.2 Å². The smallest absolute Gasteiger partial charge is 0.277 e. The Kier molecular flexibility index (Phi) is 6.15. The highest BCUT2D eigenvalue weighted by Crippen LogP contribution is 2.36. The number of carbonyl (C=O) groups excluding carboxylic acids is 1. The summed E-state index contributed by atoms with van der Waals surface area (Å²) in [7, 11) is 0. The first-order chi connectivity index (χ1) is 15.7. The lowest BCUT2D eigenvalue weighted by Crippen LogP contribution is -2.23. The molecule has 32 heavy (non-hydrogen) atoms. The van der Waals surface area contributed by atoms with Crippen molar-refractivity contribution in [1.29, 1.82) is 0 Å². The van der Waals surface area contributed by atoms with E-state index in [1.54, 1.807) is 12.1 Å². The number of nitrogens with zero attached hydrogens (tertiary/aromatic N) is 3. The Bertz CT molecular complexity index is 1080. The van der Waals surface area contributed by atoms with Crippen molar-refractivity contribution in [2.75, 3.05) is 35.9 Å². The van der Waals surface area contributed by atoms with Crippen molar-refractivity contribution in [3.05, 3.63) is 42.5 Å². The topological polar surface area (TPSA) is 89.7 Å². The van der Waals surface area contributed by atoms with Gasteiger partial charge in [-0.25, -0.2) is 0 Å². The summed E-state index contributed by atoms with van der Waals surface area (Å²) >= 11 is 1.20. The van der Waals surface area contributed by atoms with E-state index in [9.17, 15) is 4.79 Å². The summed E-state index contributed by atoms with van der Waals surface area (Å²) in [5, 5.41) is 11.3. The van der Waals surface area contributed by atoms with E-state index in [-0.39, 0.29) is 18.5 Å². The predicted molar refractivity (Wildman–Crippen MR) is 122 cm³/mol. The summed E-state index contributed by atoms with van der Waals surface area (Å²) in [5.74, 6) is 1.77. The van der Waals surface area contributed by atoms with Crippen LogP contribution in [0.5, 0.6) is 11.5 Å². The van der Waals surface area contributed by atoms with E-state index in [1.807, 2.05) is 18.2 Å². The van der Waals surface area contributed by atoms with Crippen LogP contribution in [0.1, 0.15) is 25.7 Å². The lowest BCUT2D eigenvalue weighted by atomic mass is 10.2. The number of carbonyl (C=O) groups is 1. The standard InChI is InChI=1S/C23H24N4O4S/c28-21(24-17-6-8-18(9-7-17)27-11-3-1-2-4-12-27)14-32-23-26-25-22(31-23)16-5-10-19-20(13-16)30-15-29-19/h5-10,13H,1-4,11-12,14-15H2,(H,24,28). The van der Waals surface area contributed by atoms with Gasteiger partial charge in [-0.3, -0.25) is 4.79 Å². The molecule has 166 valence electrons. The van der Waals surface area contributed by atoms with E-state index in [0.29, 0.717) is 22.6 Å². The molecular weight excluding hydrogens is 428 g/mol. The zero-order chi connectivity index (χ0) is 21.8. The quantitative estimate of drug-likeness (QED) is 0.544. The van der Waals surface area contributed by atoms with Crippen LogP contribution in [-0.4, -0.2) is 41.7 Å². The predicted octanol–water partition coefficient (Wildman–Crippen LogP) is 4.58. The van der Waals surface area contributed by atoms with Gasteiger partial charge in [0.1, 0.15) is 0 Å². The molecule has 2 aliphatic rings. The van der Waals surface area contributed by atoms with Crippen molar-refractivity contribution < 1.29 is 18.7 Å². The van der Waals surface area contributed by atoms with E-state index < -0.39 is 0 Å². The molecule has 0 unspecified atom stereocenters. The Morgan fingerprint density at radius 1 is 0.969 bits per heavy atom. The molecule has 5 rings (SSSR count). The van der Waals surface area contributed by atoms with Gasteiger partial charge >= 0.3 is 0 Å². The van der Waals surface area contributed by atoms with Crippen LogP contribution >= 0.6 is 11.8 Å². The molecule has 0 spiro atoms. The average molecular weight is 453 g/mol.